The van der Waals surface area contributed by atoms with Crippen LogP contribution in [0.15, 0.2) is 22.6 Å². The van der Waals surface area contributed by atoms with E-state index in [1.807, 2.05) is 13.0 Å². The Morgan fingerprint density at radius 3 is 2.80 bits per heavy atom. The topological polar surface area (TPSA) is 41.3 Å². The summed E-state index contributed by atoms with van der Waals surface area (Å²) in [6.45, 7) is 12.0. The second-order valence-electron chi connectivity index (χ2n) is 6.33. The molecule has 0 spiro atoms. The molecule has 0 radical (unpaired) electrons. The van der Waals surface area contributed by atoms with E-state index in [1.54, 1.807) is 0 Å². The molecular formula is C16H23N3O. The first kappa shape index (κ1) is 13.6. The van der Waals surface area contributed by atoms with Gasteiger partial charge in [0.05, 0.1) is 0 Å². The highest BCUT2D eigenvalue weighted by Gasteiger charge is 2.25. The van der Waals surface area contributed by atoms with Crippen molar-refractivity contribution in [2.45, 2.75) is 26.2 Å². The zero-order chi connectivity index (χ0) is 14.2. The van der Waals surface area contributed by atoms with Gasteiger partial charge in [-0.1, -0.05) is 19.9 Å². The van der Waals surface area contributed by atoms with Crippen molar-refractivity contribution in [1.29, 1.82) is 0 Å². The maximum atomic E-state index is 5.56. The Morgan fingerprint density at radius 2 is 2.05 bits per heavy atom. The van der Waals surface area contributed by atoms with Crippen molar-refractivity contribution in [2.75, 3.05) is 32.7 Å². The van der Waals surface area contributed by atoms with Gasteiger partial charge >= 0.3 is 0 Å². The van der Waals surface area contributed by atoms with E-state index in [0.29, 0.717) is 0 Å². The third kappa shape index (κ3) is 2.72. The summed E-state index contributed by atoms with van der Waals surface area (Å²) in [5.74, 6) is 0.733. The fourth-order valence-electron chi connectivity index (χ4n) is 2.98. The van der Waals surface area contributed by atoms with E-state index >= 15 is 0 Å². The molecule has 3 rings (SSSR count). The van der Waals surface area contributed by atoms with Crippen LogP contribution in [0.5, 0.6) is 0 Å². The maximum Gasteiger partial charge on any atom is 0.192 e. The van der Waals surface area contributed by atoms with E-state index < -0.39 is 0 Å². The summed E-state index contributed by atoms with van der Waals surface area (Å²) in [4.78, 5) is 6.98. The summed E-state index contributed by atoms with van der Waals surface area (Å²) in [6, 6.07) is 6.40. The van der Waals surface area contributed by atoms with Crippen LogP contribution in [0.2, 0.25) is 0 Å². The predicted octanol–water partition coefficient (Wildman–Crippen LogP) is 2.32. The van der Waals surface area contributed by atoms with Gasteiger partial charge in [-0.3, -0.25) is 4.90 Å². The van der Waals surface area contributed by atoms with Gasteiger partial charge in [-0.2, -0.15) is 0 Å². The molecule has 0 saturated carbocycles. The molecule has 2 heterocycles. The molecule has 2 aromatic rings. The number of aromatic nitrogens is 1. The number of nitrogens with one attached hydrogen (secondary N) is 1. The highest BCUT2D eigenvalue weighted by molar-refractivity contribution is 5.73. The van der Waals surface area contributed by atoms with Crippen LogP contribution in [-0.4, -0.2) is 42.6 Å². The fourth-order valence-corrected chi connectivity index (χ4v) is 2.98. The minimum absolute atomic E-state index is 0.123. The van der Waals surface area contributed by atoms with Gasteiger partial charge in [-0.15, -0.1) is 0 Å². The van der Waals surface area contributed by atoms with Gasteiger partial charge in [0.1, 0.15) is 5.52 Å². The molecule has 4 heteroatoms. The average Bonchev–Trinajstić information content (AvgIpc) is 2.78. The second kappa shape index (κ2) is 5.19. The maximum absolute atomic E-state index is 5.56. The van der Waals surface area contributed by atoms with Gasteiger partial charge in [0.25, 0.3) is 0 Å². The Labute approximate surface area is 120 Å². The summed E-state index contributed by atoms with van der Waals surface area (Å²) < 4.78 is 5.56. The summed E-state index contributed by atoms with van der Waals surface area (Å²) in [5.41, 5.74) is 3.30. The quantitative estimate of drug-likeness (QED) is 0.932. The van der Waals surface area contributed by atoms with Crippen LogP contribution in [0.1, 0.15) is 25.3 Å². The van der Waals surface area contributed by atoms with Gasteiger partial charge in [0.15, 0.2) is 11.5 Å². The van der Waals surface area contributed by atoms with Crippen molar-refractivity contribution in [3.8, 4) is 0 Å². The monoisotopic (exact) mass is 273 g/mol. The lowest BCUT2D eigenvalue weighted by Crippen LogP contribution is -2.47. The number of rotatable bonds is 3. The standard InChI is InChI=1S/C16H23N3O/c1-12-18-14-10-13(4-5-15(14)20-12)16(2,3)11-19-8-6-17-7-9-19/h4-5,10,17H,6-9,11H2,1-3H3. The molecule has 1 aromatic carbocycles. The Bertz CT molecular complexity index is 597. The molecule has 4 nitrogen and oxygen atoms in total. The van der Waals surface area contributed by atoms with Crippen LogP contribution in [0, 0.1) is 6.92 Å². The third-order valence-corrected chi connectivity index (χ3v) is 4.10. The molecule has 1 saturated heterocycles. The smallest absolute Gasteiger partial charge is 0.192 e. The van der Waals surface area contributed by atoms with Crippen LogP contribution in [-0.2, 0) is 5.41 Å². The summed E-state index contributed by atoms with van der Waals surface area (Å²) in [5, 5.41) is 3.40. The zero-order valence-electron chi connectivity index (χ0n) is 12.6. The predicted molar refractivity (Wildman–Crippen MR) is 81.1 cm³/mol. The van der Waals surface area contributed by atoms with E-state index in [-0.39, 0.29) is 5.41 Å². The van der Waals surface area contributed by atoms with Crippen LogP contribution in [0.25, 0.3) is 11.1 Å². The molecule has 1 N–H and O–H groups in total. The number of aryl methyl sites for hydroxylation is 1. The lowest BCUT2D eigenvalue weighted by molar-refractivity contribution is 0.200. The molecular weight excluding hydrogens is 250 g/mol. The SMILES string of the molecule is Cc1nc2cc(C(C)(C)CN3CCNCC3)ccc2o1. The molecule has 0 atom stereocenters. The van der Waals surface area contributed by atoms with E-state index in [2.05, 4.69) is 41.2 Å². The molecule has 1 aliphatic heterocycles. The molecule has 1 fully saturated rings. The minimum Gasteiger partial charge on any atom is -0.441 e. The van der Waals surface area contributed by atoms with Gasteiger partial charge < -0.3 is 9.73 Å². The number of fused-ring (bicyclic) bond motifs is 1. The van der Waals surface area contributed by atoms with Crippen molar-refractivity contribution in [1.82, 2.24) is 15.2 Å². The zero-order valence-corrected chi connectivity index (χ0v) is 12.6. The Kier molecular flexibility index (Phi) is 3.52. The van der Waals surface area contributed by atoms with Crippen molar-refractivity contribution in [3.63, 3.8) is 0 Å². The number of nitrogens with zero attached hydrogens (tertiary/aromatic N) is 2. The third-order valence-electron chi connectivity index (χ3n) is 4.10. The highest BCUT2D eigenvalue weighted by atomic mass is 16.3. The van der Waals surface area contributed by atoms with E-state index in [9.17, 15) is 0 Å². The van der Waals surface area contributed by atoms with Crippen molar-refractivity contribution in [3.05, 3.63) is 29.7 Å². The average molecular weight is 273 g/mol. The number of oxazole rings is 1. The molecule has 0 unspecified atom stereocenters. The molecule has 0 amide bonds. The lowest BCUT2D eigenvalue weighted by atomic mass is 9.83. The Balaban J connectivity index is 1.83. The molecule has 108 valence electrons. The van der Waals surface area contributed by atoms with Gasteiger partial charge in [-0.05, 0) is 17.7 Å². The van der Waals surface area contributed by atoms with E-state index in [1.165, 1.54) is 5.56 Å². The summed E-state index contributed by atoms with van der Waals surface area (Å²) in [7, 11) is 0. The normalized spacial score (nSPS) is 17.8. The first-order chi connectivity index (χ1) is 9.54. The minimum atomic E-state index is 0.123. The summed E-state index contributed by atoms with van der Waals surface area (Å²) >= 11 is 0. The van der Waals surface area contributed by atoms with E-state index in [4.69, 9.17) is 4.42 Å². The first-order valence-electron chi connectivity index (χ1n) is 7.35. The summed E-state index contributed by atoms with van der Waals surface area (Å²) in [6.07, 6.45) is 0. The van der Waals surface area contributed by atoms with Gasteiger partial charge in [-0.25, -0.2) is 4.98 Å². The number of benzene rings is 1. The Morgan fingerprint density at radius 1 is 1.30 bits per heavy atom. The van der Waals surface area contributed by atoms with Crippen molar-refractivity contribution in [2.24, 2.45) is 0 Å². The van der Waals surface area contributed by atoms with Crippen LogP contribution >= 0.6 is 0 Å². The molecule has 0 bridgehead atoms. The van der Waals surface area contributed by atoms with Gasteiger partial charge in [0.2, 0.25) is 0 Å². The van der Waals surface area contributed by atoms with Gasteiger partial charge in [0, 0.05) is 45.1 Å². The Hall–Kier alpha value is -1.39. The molecule has 1 aliphatic rings. The fraction of sp³-hybridized carbons (Fsp3) is 0.562. The number of hydrogen-bond donors (Lipinski definition) is 1. The first-order valence-corrected chi connectivity index (χ1v) is 7.35. The van der Waals surface area contributed by atoms with Crippen molar-refractivity contribution >= 4 is 11.1 Å². The lowest BCUT2D eigenvalue weighted by Gasteiger charge is -2.35. The number of piperazine rings is 1. The van der Waals surface area contributed by atoms with Crippen LogP contribution < -0.4 is 5.32 Å². The highest BCUT2D eigenvalue weighted by Crippen LogP contribution is 2.28. The van der Waals surface area contributed by atoms with E-state index in [0.717, 1.165) is 49.7 Å². The second-order valence-corrected chi connectivity index (χ2v) is 6.33. The largest absolute Gasteiger partial charge is 0.441 e. The van der Waals surface area contributed by atoms with Crippen molar-refractivity contribution < 1.29 is 4.42 Å². The van der Waals surface area contributed by atoms with Crippen LogP contribution in [0.3, 0.4) is 0 Å². The number of hydrogen-bond acceptors (Lipinski definition) is 4. The molecule has 20 heavy (non-hydrogen) atoms. The van der Waals surface area contributed by atoms with Crippen LogP contribution in [0.4, 0.5) is 0 Å². The molecule has 0 aliphatic carbocycles. The molecule has 1 aromatic heterocycles.